The number of nitrogens with zero attached hydrogens (tertiary/aromatic N) is 3. The van der Waals surface area contributed by atoms with E-state index in [9.17, 15) is 9.18 Å². The van der Waals surface area contributed by atoms with E-state index in [0.717, 1.165) is 12.1 Å². The van der Waals surface area contributed by atoms with E-state index in [2.05, 4.69) is 15.4 Å². The van der Waals surface area contributed by atoms with Crippen molar-refractivity contribution in [2.75, 3.05) is 7.11 Å². The lowest BCUT2D eigenvalue weighted by Gasteiger charge is -2.07. The van der Waals surface area contributed by atoms with E-state index < -0.39 is 5.82 Å². The van der Waals surface area contributed by atoms with E-state index >= 15 is 0 Å². The number of methoxy groups -OCH3 is 1. The zero-order valence-corrected chi connectivity index (χ0v) is 15.3. The fourth-order valence-electron chi connectivity index (χ4n) is 2.71. The lowest BCUT2D eigenvalue weighted by atomic mass is 10.1. The molecule has 0 saturated heterocycles. The van der Waals surface area contributed by atoms with Gasteiger partial charge in [0.2, 0.25) is 0 Å². The van der Waals surface area contributed by atoms with Crippen molar-refractivity contribution < 1.29 is 13.9 Å². The van der Waals surface area contributed by atoms with Gasteiger partial charge < -0.3 is 10.1 Å². The number of rotatable bonds is 7. The maximum atomic E-state index is 14.4. The molecule has 1 amide bonds. The van der Waals surface area contributed by atoms with Crippen molar-refractivity contribution in [3.8, 4) is 17.0 Å². The van der Waals surface area contributed by atoms with Crippen molar-refractivity contribution in [2.45, 2.75) is 26.4 Å². The van der Waals surface area contributed by atoms with Crippen LogP contribution >= 0.6 is 0 Å². The predicted molar refractivity (Wildman–Crippen MR) is 99.9 cm³/mol. The van der Waals surface area contributed by atoms with Gasteiger partial charge in [0.1, 0.15) is 17.3 Å². The lowest BCUT2D eigenvalue weighted by Crippen LogP contribution is -2.26. The summed E-state index contributed by atoms with van der Waals surface area (Å²) in [6.07, 6.45) is 2.47. The lowest BCUT2D eigenvalue weighted by molar-refractivity contribution is 0.0939. The highest BCUT2D eigenvalue weighted by Crippen LogP contribution is 2.26. The number of halogens is 1. The van der Waals surface area contributed by atoms with E-state index in [1.54, 1.807) is 29.1 Å². The molecule has 3 rings (SSSR count). The van der Waals surface area contributed by atoms with Crippen LogP contribution in [-0.2, 0) is 13.1 Å². The van der Waals surface area contributed by atoms with Crippen molar-refractivity contribution >= 4 is 5.91 Å². The molecule has 1 aromatic carbocycles. The number of hydrogen-bond acceptors (Lipinski definition) is 4. The summed E-state index contributed by atoms with van der Waals surface area (Å²) < 4.78 is 21.0. The highest BCUT2D eigenvalue weighted by molar-refractivity contribution is 5.93. The molecule has 0 bridgehead atoms. The average Bonchev–Trinajstić information content (AvgIpc) is 3.10. The van der Waals surface area contributed by atoms with Crippen molar-refractivity contribution in [3.05, 3.63) is 65.9 Å². The second-order valence-corrected chi connectivity index (χ2v) is 5.99. The number of carbonyl (C=O) groups is 1. The van der Waals surface area contributed by atoms with Crippen LogP contribution < -0.4 is 10.1 Å². The van der Waals surface area contributed by atoms with Gasteiger partial charge in [-0.3, -0.25) is 14.5 Å². The van der Waals surface area contributed by atoms with Crippen molar-refractivity contribution in [2.24, 2.45) is 0 Å². The van der Waals surface area contributed by atoms with Crippen LogP contribution in [0.2, 0.25) is 0 Å². The molecule has 2 aromatic heterocycles. The molecule has 3 aromatic rings. The fourth-order valence-corrected chi connectivity index (χ4v) is 2.71. The Balaban J connectivity index is 1.85. The number of amides is 1. The summed E-state index contributed by atoms with van der Waals surface area (Å²) in [5.41, 5.74) is 1.88. The minimum Gasteiger partial charge on any atom is -0.497 e. The maximum Gasteiger partial charge on any atom is 0.269 e. The largest absolute Gasteiger partial charge is 0.497 e. The summed E-state index contributed by atoms with van der Waals surface area (Å²) in [7, 11) is 1.48. The normalized spacial score (nSPS) is 10.6. The molecule has 0 radical (unpaired) electrons. The van der Waals surface area contributed by atoms with Crippen LogP contribution in [0.5, 0.6) is 5.75 Å². The Hall–Kier alpha value is -3.22. The van der Waals surface area contributed by atoms with Crippen LogP contribution in [0.3, 0.4) is 0 Å². The van der Waals surface area contributed by atoms with Gasteiger partial charge in [-0.05, 0) is 36.8 Å². The molecule has 27 heavy (non-hydrogen) atoms. The minimum atomic E-state index is -0.448. The van der Waals surface area contributed by atoms with Crippen LogP contribution in [0, 0.1) is 5.82 Å². The third-order valence-corrected chi connectivity index (χ3v) is 4.06. The van der Waals surface area contributed by atoms with Gasteiger partial charge in [-0.1, -0.05) is 13.0 Å². The van der Waals surface area contributed by atoms with Gasteiger partial charge in [0, 0.05) is 24.4 Å². The zero-order chi connectivity index (χ0) is 19.2. The van der Waals surface area contributed by atoms with Crippen LogP contribution in [-0.4, -0.2) is 27.8 Å². The maximum absolute atomic E-state index is 14.4. The summed E-state index contributed by atoms with van der Waals surface area (Å²) in [6, 6.07) is 11.7. The topological polar surface area (TPSA) is 69.0 Å². The van der Waals surface area contributed by atoms with Gasteiger partial charge in [-0.2, -0.15) is 5.10 Å². The first-order chi connectivity index (χ1) is 13.1. The summed E-state index contributed by atoms with van der Waals surface area (Å²) in [5, 5.41) is 7.26. The Morgan fingerprint density at radius 2 is 2.11 bits per heavy atom. The van der Waals surface area contributed by atoms with E-state index in [4.69, 9.17) is 4.74 Å². The molecule has 6 nitrogen and oxygen atoms in total. The molecular formula is C20H21FN4O2. The molecule has 0 aliphatic carbocycles. The Morgan fingerprint density at radius 1 is 1.26 bits per heavy atom. The molecule has 1 N–H and O–H groups in total. The quantitative estimate of drug-likeness (QED) is 0.694. The fraction of sp³-hybridized carbons (Fsp3) is 0.250. The van der Waals surface area contributed by atoms with Gasteiger partial charge in [-0.25, -0.2) is 4.39 Å². The number of aromatic nitrogens is 3. The van der Waals surface area contributed by atoms with Crippen molar-refractivity contribution in [1.82, 2.24) is 20.1 Å². The Kier molecular flexibility index (Phi) is 5.80. The molecule has 0 atom stereocenters. The first kappa shape index (κ1) is 18.6. The molecule has 0 saturated carbocycles. The van der Waals surface area contributed by atoms with E-state index in [0.29, 0.717) is 35.8 Å². The monoisotopic (exact) mass is 368 g/mol. The molecule has 0 spiro atoms. The third kappa shape index (κ3) is 4.31. The molecule has 0 unspecified atom stereocenters. The van der Waals surface area contributed by atoms with Gasteiger partial charge >= 0.3 is 0 Å². The Morgan fingerprint density at radius 3 is 2.78 bits per heavy atom. The van der Waals surface area contributed by atoms with Gasteiger partial charge in [0.25, 0.3) is 5.91 Å². The van der Waals surface area contributed by atoms with E-state index in [-0.39, 0.29) is 5.91 Å². The van der Waals surface area contributed by atoms with Crippen molar-refractivity contribution in [3.63, 3.8) is 0 Å². The smallest absolute Gasteiger partial charge is 0.269 e. The number of pyridine rings is 1. The molecule has 0 aliphatic heterocycles. The van der Waals surface area contributed by atoms with Crippen molar-refractivity contribution in [1.29, 1.82) is 0 Å². The highest BCUT2D eigenvalue weighted by atomic mass is 19.1. The Labute approximate surface area is 157 Å². The molecule has 2 heterocycles. The molecule has 0 aliphatic rings. The SMILES string of the molecule is CCCn1nc(-c2ccc(OC)cc2F)cc1C(=O)NCc1ccccn1. The average molecular weight is 368 g/mol. The zero-order valence-electron chi connectivity index (χ0n) is 15.3. The number of benzene rings is 1. The second-order valence-electron chi connectivity index (χ2n) is 5.99. The van der Waals surface area contributed by atoms with Gasteiger partial charge in [0.15, 0.2) is 0 Å². The summed E-state index contributed by atoms with van der Waals surface area (Å²) >= 11 is 0. The second kappa shape index (κ2) is 8.44. The summed E-state index contributed by atoms with van der Waals surface area (Å²) in [4.78, 5) is 16.8. The molecule has 0 fully saturated rings. The third-order valence-electron chi connectivity index (χ3n) is 4.06. The van der Waals surface area contributed by atoms with E-state index in [1.807, 2.05) is 25.1 Å². The number of ether oxygens (including phenoxy) is 1. The first-order valence-corrected chi connectivity index (χ1v) is 8.72. The molecular weight excluding hydrogens is 347 g/mol. The number of aryl methyl sites for hydroxylation is 1. The summed E-state index contributed by atoms with van der Waals surface area (Å²) in [5.74, 6) is -0.296. The number of carbonyl (C=O) groups excluding carboxylic acids is 1. The van der Waals surface area contributed by atoms with Gasteiger partial charge in [0.05, 0.1) is 25.0 Å². The standard InChI is InChI=1S/C20H21FN4O2/c1-3-10-25-19(20(26)23-13-14-6-4-5-9-22-14)12-18(24-25)16-8-7-15(27-2)11-17(16)21/h4-9,11-12H,3,10,13H2,1-2H3,(H,23,26). The molecule has 140 valence electrons. The Bertz CT molecular complexity index is 925. The highest BCUT2D eigenvalue weighted by Gasteiger charge is 2.18. The number of hydrogen-bond donors (Lipinski definition) is 1. The number of nitrogens with one attached hydrogen (secondary N) is 1. The summed E-state index contributed by atoms with van der Waals surface area (Å²) in [6.45, 7) is 2.86. The van der Waals surface area contributed by atoms with Crippen LogP contribution in [0.1, 0.15) is 29.5 Å². The molecule has 7 heteroatoms. The predicted octanol–water partition coefficient (Wildman–Crippen LogP) is 3.43. The first-order valence-electron chi connectivity index (χ1n) is 8.72. The van der Waals surface area contributed by atoms with E-state index in [1.165, 1.54) is 13.2 Å². The van der Waals surface area contributed by atoms with Crippen LogP contribution in [0.15, 0.2) is 48.7 Å². The van der Waals surface area contributed by atoms with Crippen LogP contribution in [0.25, 0.3) is 11.3 Å². The van der Waals surface area contributed by atoms with Crippen LogP contribution in [0.4, 0.5) is 4.39 Å². The van der Waals surface area contributed by atoms with Gasteiger partial charge in [-0.15, -0.1) is 0 Å². The minimum absolute atomic E-state index is 0.276.